The number of hydrogen-bond acceptors (Lipinski definition) is 4. The van der Waals surface area contributed by atoms with Gasteiger partial charge in [-0.3, -0.25) is 4.79 Å². The van der Waals surface area contributed by atoms with E-state index in [4.69, 9.17) is 9.97 Å². The summed E-state index contributed by atoms with van der Waals surface area (Å²) in [6.45, 7) is 11.1. The molecule has 142 valence electrons. The fraction of sp³-hybridized carbons (Fsp3) is 0.500. The van der Waals surface area contributed by atoms with Crippen LogP contribution in [-0.4, -0.2) is 22.4 Å². The second-order valence-electron chi connectivity index (χ2n) is 9.08. The Hall–Kier alpha value is -2.43. The van der Waals surface area contributed by atoms with Crippen molar-refractivity contribution >= 4 is 17.5 Å². The number of carbonyl (C=O) groups is 1. The molecule has 1 amide bonds. The van der Waals surface area contributed by atoms with E-state index in [1.54, 1.807) is 0 Å². The number of aryl methyl sites for hydroxylation is 2. The minimum atomic E-state index is -0.0468. The third kappa shape index (κ3) is 3.31. The predicted octanol–water partition coefficient (Wildman–Crippen LogP) is 4.52. The first-order valence-electron chi connectivity index (χ1n) is 9.73. The number of hydrogen-bond donors (Lipinski definition) is 1. The Morgan fingerprint density at radius 1 is 1.15 bits per heavy atom. The molecule has 1 fully saturated rings. The maximum atomic E-state index is 12.3. The fourth-order valence-corrected chi connectivity index (χ4v) is 4.44. The van der Waals surface area contributed by atoms with E-state index in [0.717, 1.165) is 36.0 Å². The number of anilines is 2. The van der Waals surface area contributed by atoms with E-state index in [1.165, 1.54) is 11.1 Å². The molecule has 2 aliphatic rings. The van der Waals surface area contributed by atoms with E-state index < -0.39 is 0 Å². The summed E-state index contributed by atoms with van der Waals surface area (Å²) in [5.74, 6) is 1.36. The average molecular weight is 364 g/mol. The smallest absolute Gasteiger partial charge is 0.226 e. The van der Waals surface area contributed by atoms with Crippen LogP contribution in [-0.2, 0) is 4.79 Å². The second kappa shape index (κ2) is 6.32. The highest BCUT2D eigenvalue weighted by atomic mass is 16.1. The van der Waals surface area contributed by atoms with Crippen LogP contribution in [0.4, 0.5) is 11.6 Å². The van der Waals surface area contributed by atoms with Gasteiger partial charge in [0.25, 0.3) is 0 Å². The van der Waals surface area contributed by atoms with Crippen molar-refractivity contribution in [3.8, 4) is 0 Å². The zero-order chi connectivity index (χ0) is 19.3. The number of aromatic nitrogens is 2. The van der Waals surface area contributed by atoms with Crippen LogP contribution in [0.15, 0.2) is 24.3 Å². The van der Waals surface area contributed by atoms with Crippen LogP contribution < -0.4 is 10.2 Å². The van der Waals surface area contributed by atoms with Gasteiger partial charge in [0.2, 0.25) is 11.9 Å². The van der Waals surface area contributed by atoms with Crippen LogP contribution in [0.2, 0.25) is 0 Å². The van der Waals surface area contributed by atoms with Gasteiger partial charge in [-0.05, 0) is 36.8 Å². The Kier molecular flexibility index (Phi) is 4.21. The molecule has 5 heteroatoms. The van der Waals surface area contributed by atoms with Crippen molar-refractivity contribution in [2.24, 2.45) is 5.41 Å². The highest BCUT2D eigenvalue weighted by molar-refractivity contribution is 5.92. The van der Waals surface area contributed by atoms with Gasteiger partial charge in [-0.1, -0.05) is 45.0 Å². The second-order valence-corrected chi connectivity index (χ2v) is 9.08. The van der Waals surface area contributed by atoms with Gasteiger partial charge in [-0.15, -0.1) is 0 Å². The third-order valence-corrected chi connectivity index (χ3v) is 5.57. The molecule has 2 bridgehead atoms. The normalized spacial score (nSPS) is 20.7. The predicted molar refractivity (Wildman–Crippen MR) is 108 cm³/mol. The van der Waals surface area contributed by atoms with Gasteiger partial charge in [0.1, 0.15) is 0 Å². The first-order chi connectivity index (χ1) is 12.7. The molecule has 0 unspecified atom stereocenters. The lowest BCUT2D eigenvalue weighted by Crippen LogP contribution is -2.29. The number of rotatable bonds is 3. The molecule has 2 heterocycles. The van der Waals surface area contributed by atoms with Crippen molar-refractivity contribution in [1.29, 1.82) is 0 Å². The maximum Gasteiger partial charge on any atom is 0.226 e. The van der Waals surface area contributed by atoms with Gasteiger partial charge in [-0.2, -0.15) is 0 Å². The molecule has 2 atom stereocenters. The van der Waals surface area contributed by atoms with Gasteiger partial charge in [0.05, 0.1) is 23.1 Å². The lowest BCUT2D eigenvalue weighted by molar-refractivity contribution is -0.117. The first-order valence-corrected chi connectivity index (χ1v) is 9.73. The molecule has 0 saturated carbocycles. The summed E-state index contributed by atoms with van der Waals surface area (Å²) in [7, 11) is 0. The number of amides is 1. The van der Waals surface area contributed by atoms with E-state index in [9.17, 15) is 4.79 Å². The molecule has 27 heavy (non-hydrogen) atoms. The molecule has 1 aliphatic carbocycles. The van der Waals surface area contributed by atoms with E-state index in [-0.39, 0.29) is 11.3 Å². The molecular weight excluding hydrogens is 336 g/mol. The van der Waals surface area contributed by atoms with Gasteiger partial charge >= 0.3 is 0 Å². The molecule has 1 aliphatic heterocycles. The summed E-state index contributed by atoms with van der Waals surface area (Å²) >= 11 is 0. The highest BCUT2D eigenvalue weighted by Crippen LogP contribution is 2.51. The standard InChI is InChI=1S/C22H28N4O/c1-13-20(25-19(27)11-22(3,4)5)14(2)24-21(23-13)26-12-15-10-18(26)17-9-7-6-8-16(15)17/h6-9,15,18H,10-12H2,1-5H3,(H,25,27)/t15-,18+/m0/s1. The number of benzene rings is 1. The fourth-order valence-electron chi connectivity index (χ4n) is 4.44. The maximum absolute atomic E-state index is 12.3. The van der Waals surface area contributed by atoms with Crippen molar-refractivity contribution in [3.63, 3.8) is 0 Å². The summed E-state index contributed by atoms with van der Waals surface area (Å²) in [5, 5.41) is 3.02. The molecule has 5 nitrogen and oxygen atoms in total. The quantitative estimate of drug-likeness (QED) is 0.870. The Morgan fingerprint density at radius 3 is 2.41 bits per heavy atom. The summed E-state index contributed by atoms with van der Waals surface area (Å²) in [5.41, 5.74) is 5.26. The largest absolute Gasteiger partial charge is 0.333 e. The average Bonchev–Trinajstić information content (AvgIpc) is 3.16. The Morgan fingerprint density at radius 2 is 1.78 bits per heavy atom. The van der Waals surface area contributed by atoms with Crippen LogP contribution in [0, 0.1) is 19.3 Å². The Bertz CT molecular complexity index is 876. The zero-order valence-electron chi connectivity index (χ0n) is 16.8. The van der Waals surface area contributed by atoms with Crippen LogP contribution in [0.25, 0.3) is 0 Å². The number of carbonyl (C=O) groups excluding carboxylic acids is 1. The molecule has 1 aromatic carbocycles. The Labute approximate surface area is 161 Å². The van der Waals surface area contributed by atoms with Crippen LogP contribution in [0.5, 0.6) is 0 Å². The van der Waals surface area contributed by atoms with Crippen LogP contribution in [0.3, 0.4) is 0 Å². The van der Waals surface area contributed by atoms with E-state index in [1.807, 2.05) is 13.8 Å². The van der Waals surface area contributed by atoms with Gasteiger partial charge < -0.3 is 10.2 Å². The van der Waals surface area contributed by atoms with Crippen molar-refractivity contribution in [2.75, 3.05) is 16.8 Å². The van der Waals surface area contributed by atoms with E-state index in [0.29, 0.717) is 18.4 Å². The minimum Gasteiger partial charge on any atom is -0.333 e. The molecule has 1 N–H and O–H groups in total. The molecule has 0 spiro atoms. The van der Waals surface area contributed by atoms with Crippen molar-refractivity contribution < 1.29 is 4.79 Å². The lowest BCUT2D eigenvalue weighted by atomic mass is 9.92. The van der Waals surface area contributed by atoms with Gasteiger partial charge in [0.15, 0.2) is 0 Å². The SMILES string of the molecule is Cc1nc(N2C[C@@H]3C[C@@H]2c2ccccc23)nc(C)c1NC(=O)CC(C)(C)C. The summed E-state index contributed by atoms with van der Waals surface area (Å²) in [6, 6.07) is 9.09. The minimum absolute atomic E-state index is 0.0132. The zero-order valence-corrected chi connectivity index (χ0v) is 16.8. The highest BCUT2D eigenvalue weighted by Gasteiger charge is 2.43. The number of nitrogens with one attached hydrogen (secondary N) is 1. The van der Waals surface area contributed by atoms with Gasteiger partial charge in [-0.25, -0.2) is 9.97 Å². The van der Waals surface area contributed by atoms with Crippen LogP contribution >= 0.6 is 0 Å². The molecule has 2 aromatic rings. The lowest BCUT2D eigenvalue weighted by Gasteiger charge is -2.29. The van der Waals surface area contributed by atoms with Gasteiger partial charge in [0, 0.05) is 18.9 Å². The van der Waals surface area contributed by atoms with Crippen molar-refractivity contribution in [2.45, 2.75) is 59.4 Å². The number of nitrogens with zero attached hydrogens (tertiary/aromatic N) is 3. The third-order valence-electron chi connectivity index (χ3n) is 5.57. The van der Waals surface area contributed by atoms with Crippen molar-refractivity contribution in [3.05, 3.63) is 46.8 Å². The monoisotopic (exact) mass is 364 g/mol. The molecule has 1 saturated heterocycles. The summed E-state index contributed by atoms with van der Waals surface area (Å²) in [4.78, 5) is 24.2. The van der Waals surface area contributed by atoms with E-state index >= 15 is 0 Å². The first kappa shape index (κ1) is 18.0. The topological polar surface area (TPSA) is 58.1 Å². The van der Waals surface area contributed by atoms with Crippen molar-refractivity contribution in [1.82, 2.24) is 9.97 Å². The summed E-state index contributed by atoms with van der Waals surface area (Å²) in [6.07, 6.45) is 1.62. The molecule has 0 radical (unpaired) electrons. The molecular formula is C22H28N4O. The summed E-state index contributed by atoms with van der Waals surface area (Å²) < 4.78 is 0. The molecule has 4 rings (SSSR count). The van der Waals surface area contributed by atoms with E-state index in [2.05, 4.69) is 55.3 Å². The number of fused-ring (bicyclic) bond motifs is 5. The molecule has 1 aromatic heterocycles. The van der Waals surface area contributed by atoms with Crippen LogP contribution in [0.1, 0.15) is 68.1 Å². The Balaban J connectivity index is 1.58.